The van der Waals surface area contributed by atoms with Gasteiger partial charge in [-0.2, -0.15) is 0 Å². The lowest BCUT2D eigenvalue weighted by atomic mass is 10.2. The minimum Gasteiger partial charge on any atom is -0.396 e. The maximum Gasteiger partial charge on any atom is 0.0971 e. The molecule has 0 aliphatic carbocycles. The Kier molecular flexibility index (Phi) is 4.09. The molecule has 0 spiro atoms. The number of benzene rings is 1. The van der Waals surface area contributed by atoms with Crippen LogP contribution in [0.4, 0.5) is 0 Å². The van der Waals surface area contributed by atoms with E-state index in [0.29, 0.717) is 6.42 Å². The Morgan fingerprint density at radius 3 is 2.69 bits per heavy atom. The predicted octanol–water partition coefficient (Wildman–Crippen LogP) is 3.03. The lowest BCUT2D eigenvalue weighted by molar-refractivity contribution is 0.300. The number of aromatic nitrogens is 1. The van der Waals surface area contributed by atoms with Gasteiger partial charge in [-0.1, -0.05) is 28.1 Å². The molecular formula is C12H12BrNOS. The number of rotatable bonds is 4. The number of nitrogens with zero attached hydrogens (tertiary/aromatic N) is 1. The molecule has 4 heteroatoms. The first kappa shape index (κ1) is 11.8. The average Bonchev–Trinajstić information content (AvgIpc) is 2.70. The molecule has 2 nitrogen and oxygen atoms in total. The van der Waals surface area contributed by atoms with E-state index in [1.807, 2.05) is 18.3 Å². The van der Waals surface area contributed by atoms with Crippen molar-refractivity contribution in [3.05, 3.63) is 50.4 Å². The summed E-state index contributed by atoms with van der Waals surface area (Å²) < 4.78 is 1.09. The third-order valence-electron chi connectivity index (χ3n) is 2.23. The first-order chi connectivity index (χ1) is 7.78. The molecule has 1 N–H and O–H groups in total. The van der Waals surface area contributed by atoms with Gasteiger partial charge in [0.1, 0.15) is 0 Å². The minimum atomic E-state index is 0.194. The zero-order valence-corrected chi connectivity index (χ0v) is 11.1. The van der Waals surface area contributed by atoms with Crippen LogP contribution in [0.15, 0.2) is 34.9 Å². The Bertz CT molecular complexity index is 452. The van der Waals surface area contributed by atoms with Gasteiger partial charge < -0.3 is 5.11 Å². The largest absolute Gasteiger partial charge is 0.396 e. The molecule has 2 rings (SSSR count). The van der Waals surface area contributed by atoms with Crippen molar-refractivity contribution < 1.29 is 5.11 Å². The van der Waals surface area contributed by atoms with E-state index >= 15 is 0 Å². The first-order valence-corrected chi connectivity index (χ1v) is 6.68. The Morgan fingerprint density at radius 2 is 2.00 bits per heavy atom. The normalized spacial score (nSPS) is 10.6. The minimum absolute atomic E-state index is 0.194. The third kappa shape index (κ3) is 3.14. The number of aliphatic hydroxyl groups excluding tert-OH is 1. The highest BCUT2D eigenvalue weighted by Gasteiger charge is 2.02. The van der Waals surface area contributed by atoms with Gasteiger partial charge in [0.15, 0.2) is 0 Å². The van der Waals surface area contributed by atoms with Gasteiger partial charge in [-0.15, -0.1) is 11.3 Å². The summed E-state index contributed by atoms with van der Waals surface area (Å²) in [6.45, 7) is 0.194. The number of halogens is 1. The summed E-state index contributed by atoms with van der Waals surface area (Å²) in [5, 5.41) is 9.93. The molecule has 0 bridgehead atoms. The molecule has 16 heavy (non-hydrogen) atoms. The van der Waals surface area contributed by atoms with Crippen molar-refractivity contribution in [2.24, 2.45) is 0 Å². The summed E-state index contributed by atoms with van der Waals surface area (Å²) in [7, 11) is 0. The molecule has 1 aromatic carbocycles. The summed E-state index contributed by atoms with van der Waals surface area (Å²) in [4.78, 5) is 5.50. The van der Waals surface area contributed by atoms with Crippen LogP contribution in [0, 0.1) is 0 Å². The van der Waals surface area contributed by atoms with Crippen LogP contribution in [0.2, 0.25) is 0 Å². The van der Waals surface area contributed by atoms with Gasteiger partial charge in [0.2, 0.25) is 0 Å². The van der Waals surface area contributed by atoms with E-state index in [0.717, 1.165) is 20.8 Å². The smallest absolute Gasteiger partial charge is 0.0971 e. The van der Waals surface area contributed by atoms with Crippen LogP contribution in [-0.2, 0) is 12.8 Å². The van der Waals surface area contributed by atoms with E-state index < -0.39 is 0 Å². The zero-order chi connectivity index (χ0) is 11.4. The Balaban J connectivity index is 2.05. The molecule has 0 unspecified atom stereocenters. The van der Waals surface area contributed by atoms with Gasteiger partial charge in [-0.05, 0) is 17.7 Å². The Hall–Kier alpha value is -0.710. The topological polar surface area (TPSA) is 33.1 Å². The van der Waals surface area contributed by atoms with Crippen molar-refractivity contribution in [2.75, 3.05) is 6.61 Å². The third-order valence-corrected chi connectivity index (χ3v) is 3.81. The lowest BCUT2D eigenvalue weighted by Gasteiger charge is -1.97. The molecule has 0 aliphatic rings. The molecule has 0 radical (unpaired) electrons. The van der Waals surface area contributed by atoms with Gasteiger partial charge in [-0.25, -0.2) is 4.98 Å². The molecular weight excluding hydrogens is 286 g/mol. The highest BCUT2D eigenvalue weighted by molar-refractivity contribution is 9.10. The number of thiazole rings is 1. The number of hydrogen-bond acceptors (Lipinski definition) is 3. The van der Waals surface area contributed by atoms with Crippen LogP contribution in [0.25, 0.3) is 0 Å². The summed E-state index contributed by atoms with van der Waals surface area (Å²) >= 11 is 5.09. The monoisotopic (exact) mass is 297 g/mol. The van der Waals surface area contributed by atoms with Gasteiger partial charge >= 0.3 is 0 Å². The molecule has 0 fully saturated rings. The summed E-state index contributed by atoms with van der Waals surface area (Å²) in [6, 6.07) is 8.27. The Labute approximate surface area is 107 Å². The predicted molar refractivity (Wildman–Crippen MR) is 69.9 cm³/mol. The molecule has 1 heterocycles. The molecule has 1 aromatic heterocycles. The highest BCUT2D eigenvalue weighted by atomic mass is 79.9. The fourth-order valence-corrected chi connectivity index (χ4v) is 2.64. The maximum atomic E-state index is 8.82. The highest BCUT2D eigenvalue weighted by Crippen LogP contribution is 2.18. The van der Waals surface area contributed by atoms with E-state index in [1.165, 1.54) is 5.56 Å². The van der Waals surface area contributed by atoms with Gasteiger partial charge in [-0.3, -0.25) is 0 Å². The zero-order valence-electron chi connectivity index (χ0n) is 8.69. The average molecular weight is 298 g/mol. The van der Waals surface area contributed by atoms with Crippen molar-refractivity contribution >= 4 is 27.3 Å². The van der Waals surface area contributed by atoms with E-state index in [4.69, 9.17) is 5.11 Å². The molecule has 0 saturated carbocycles. The summed E-state index contributed by atoms with van der Waals surface area (Å²) in [5.74, 6) is 0. The van der Waals surface area contributed by atoms with Crippen LogP contribution in [0.3, 0.4) is 0 Å². The van der Waals surface area contributed by atoms with Gasteiger partial charge in [0.05, 0.1) is 5.01 Å². The van der Waals surface area contributed by atoms with Crippen LogP contribution in [0.5, 0.6) is 0 Å². The van der Waals surface area contributed by atoms with Crippen LogP contribution in [-0.4, -0.2) is 16.7 Å². The van der Waals surface area contributed by atoms with E-state index in [2.05, 4.69) is 33.0 Å². The van der Waals surface area contributed by atoms with Crippen molar-refractivity contribution in [3.63, 3.8) is 0 Å². The Morgan fingerprint density at radius 1 is 1.25 bits per heavy atom. The first-order valence-electron chi connectivity index (χ1n) is 5.07. The summed E-state index contributed by atoms with van der Waals surface area (Å²) in [5.41, 5.74) is 1.26. The molecule has 0 aliphatic heterocycles. The second kappa shape index (κ2) is 5.57. The second-order valence-corrected chi connectivity index (χ2v) is 5.61. The van der Waals surface area contributed by atoms with Gasteiger partial charge in [0.25, 0.3) is 0 Å². The van der Waals surface area contributed by atoms with Crippen LogP contribution < -0.4 is 0 Å². The number of hydrogen-bond donors (Lipinski definition) is 1. The van der Waals surface area contributed by atoms with E-state index in [1.54, 1.807) is 11.3 Å². The molecule has 84 valence electrons. The summed E-state index contributed by atoms with van der Waals surface area (Å²) in [6.07, 6.45) is 3.43. The second-order valence-electron chi connectivity index (χ2n) is 3.50. The maximum absolute atomic E-state index is 8.82. The van der Waals surface area contributed by atoms with Gasteiger partial charge in [0, 0.05) is 35.0 Å². The van der Waals surface area contributed by atoms with E-state index in [9.17, 15) is 0 Å². The van der Waals surface area contributed by atoms with Crippen LogP contribution >= 0.6 is 27.3 Å². The molecule has 0 amide bonds. The fraction of sp³-hybridized carbons (Fsp3) is 0.250. The van der Waals surface area contributed by atoms with Crippen molar-refractivity contribution in [2.45, 2.75) is 12.8 Å². The van der Waals surface area contributed by atoms with E-state index in [-0.39, 0.29) is 6.61 Å². The fourth-order valence-electron chi connectivity index (χ4n) is 1.43. The molecule has 2 aromatic rings. The lowest BCUT2D eigenvalue weighted by Crippen LogP contribution is -1.85. The van der Waals surface area contributed by atoms with Crippen LogP contribution in [0.1, 0.15) is 15.4 Å². The van der Waals surface area contributed by atoms with Crippen molar-refractivity contribution in [1.29, 1.82) is 0 Å². The standard InChI is InChI=1S/C12H12BrNOS/c13-10-3-1-9(2-4-10)7-12-14-8-11(16-12)5-6-15/h1-4,8,15H,5-7H2. The molecule has 0 atom stereocenters. The van der Waals surface area contributed by atoms with Crippen molar-refractivity contribution in [3.8, 4) is 0 Å². The van der Waals surface area contributed by atoms with Crippen molar-refractivity contribution in [1.82, 2.24) is 4.98 Å². The molecule has 0 saturated heterocycles. The number of aliphatic hydroxyl groups is 1. The quantitative estimate of drug-likeness (QED) is 0.941. The SMILES string of the molecule is OCCc1cnc(Cc2ccc(Br)cc2)s1.